The Labute approximate surface area is 80.6 Å². The Morgan fingerprint density at radius 2 is 2.14 bits per heavy atom. The first kappa shape index (κ1) is 8.81. The van der Waals surface area contributed by atoms with Gasteiger partial charge in [-0.05, 0) is 12.1 Å². The van der Waals surface area contributed by atoms with Crippen LogP contribution in [-0.4, -0.2) is 5.11 Å². The smallest absolute Gasteiger partial charge is 0.192 e. The van der Waals surface area contributed by atoms with Crippen LogP contribution in [0.4, 0.5) is 0 Å². The Morgan fingerprint density at radius 3 is 2.86 bits per heavy atom. The summed E-state index contributed by atoms with van der Waals surface area (Å²) < 4.78 is 5.41. The van der Waals surface area contributed by atoms with E-state index in [2.05, 4.69) is 0 Å². The number of rotatable bonds is 1. The van der Waals surface area contributed by atoms with Crippen molar-refractivity contribution < 1.29 is 9.52 Å². The maximum Gasteiger partial charge on any atom is 0.192 e. The normalized spacial score (nSPS) is 10.6. The van der Waals surface area contributed by atoms with Crippen LogP contribution in [0.2, 0.25) is 0 Å². The molecule has 0 amide bonds. The van der Waals surface area contributed by atoms with E-state index in [0.717, 1.165) is 0 Å². The third kappa shape index (κ3) is 1.37. The third-order valence-electron chi connectivity index (χ3n) is 2.11. The van der Waals surface area contributed by atoms with Crippen molar-refractivity contribution in [2.75, 3.05) is 0 Å². The molecule has 0 spiro atoms. The molecule has 0 atom stereocenters. The molecule has 1 aromatic heterocycles. The van der Waals surface area contributed by atoms with Gasteiger partial charge in [-0.15, -0.1) is 0 Å². The van der Waals surface area contributed by atoms with E-state index in [1.165, 1.54) is 18.2 Å². The molecule has 0 fully saturated rings. The lowest BCUT2D eigenvalue weighted by Gasteiger charge is -2.00. The molecule has 3 nitrogen and oxygen atoms in total. The summed E-state index contributed by atoms with van der Waals surface area (Å²) in [6.45, 7) is 1.91. The Kier molecular flexibility index (Phi) is 2.00. The Bertz CT molecular complexity index is 526. The minimum atomic E-state index is -0.0666. The highest BCUT2D eigenvalue weighted by Gasteiger charge is 2.03. The number of fused-ring (bicyclic) bond motifs is 1. The predicted octanol–water partition coefficient (Wildman–Crippen LogP) is 2.06. The molecular weight excluding hydrogens is 180 g/mol. The minimum Gasteiger partial charge on any atom is -0.508 e. The average Bonchev–Trinajstić information content (AvgIpc) is 2.16. The fraction of sp³-hybridized carbons (Fsp3) is 0.182. The number of aromatic hydroxyl groups is 1. The summed E-state index contributed by atoms with van der Waals surface area (Å²) in [6, 6.07) is 5.98. The number of phenolic OH excluding ortho intramolecular Hbond substituents is 1. The van der Waals surface area contributed by atoms with Crippen LogP contribution in [0.25, 0.3) is 11.0 Å². The molecule has 2 aromatic rings. The van der Waals surface area contributed by atoms with Crippen LogP contribution in [0.5, 0.6) is 5.75 Å². The number of phenols is 1. The molecule has 1 aromatic carbocycles. The summed E-state index contributed by atoms with van der Waals surface area (Å²) in [6.07, 6.45) is 0.667. The van der Waals surface area contributed by atoms with E-state index < -0.39 is 0 Å². The summed E-state index contributed by atoms with van der Waals surface area (Å²) in [5, 5.41) is 9.72. The fourth-order valence-electron chi connectivity index (χ4n) is 1.37. The van der Waals surface area contributed by atoms with E-state index in [4.69, 9.17) is 4.42 Å². The summed E-state index contributed by atoms with van der Waals surface area (Å²) in [5.74, 6) is 0.738. The van der Waals surface area contributed by atoms with E-state index in [1.54, 1.807) is 6.07 Å². The van der Waals surface area contributed by atoms with E-state index in [0.29, 0.717) is 23.2 Å². The van der Waals surface area contributed by atoms with Crippen LogP contribution in [0.3, 0.4) is 0 Å². The zero-order valence-electron chi connectivity index (χ0n) is 7.78. The first-order valence-corrected chi connectivity index (χ1v) is 4.46. The predicted molar refractivity (Wildman–Crippen MR) is 53.5 cm³/mol. The first-order chi connectivity index (χ1) is 6.70. The fourth-order valence-corrected chi connectivity index (χ4v) is 1.37. The zero-order chi connectivity index (χ0) is 10.1. The van der Waals surface area contributed by atoms with Gasteiger partial charge in [-0.25, -0.2) is 0 Å². The molecule has 0 aliphatic carbocycles. The molecule has 72 valence electrons. The van der Waals surface area contributed by atoms with Crippen LogP contribution >= 0.6 is 0 Å². The van der Waals surface area contributed by atoms with Gasteiger partial charge in [-0.3, -0.25) is 4.79 Å². The molecule has 0 saturated carbocycles. The molecule has 2 rings (SSSR count). The molecule has 0 unspecified atom stereocenters. The van der Waals surface area contributed by atoms with Gasteiger partial charge in [-0.2, -0.15) is 0 Å². The van der Waals surface area contributed by atoms with Crippen molar-refractivity contribution in [2.45, 2.75) is 13.3 Å². The number of aryl methyl sites for hydroxylation is 1. The highest BCUT2D eigenvalue weighted by Crippen LogP contribution is 2.18. The van der Waals surface area contributed by atoms with Crippen LogP contribution in [-0.2, 0) is 6.42 Å². The van der Waals surface area contributed by atoms with Gasteiger partial charge < -0.3 is 9.52 Å². The Morgan fingerprint density at radius 1 is 1.36 bits per heavy atom. The molecule has 1 N–H and O–H groups in total. The van der Waals surface area contributed by atoms with Crippen molar-refractivity contribution >= 4 is 11.0 Å². The third-order valence-corrected chi connectivity index (χ3v) is 2.11. The second-order valence-corrected chi connectivity index (χ2v) is 3.11. The monoisotopic (exact) mass is 190 g/mol. The second kappa shape index (κ2) is 3.18. The van der Waals surface area contributed by atoms with Gasteiger partial charge in [0, 0.05) is 18.6 Å². The van der Waals surface area contributed by atoms with Gasteiger partial charge >= 0.3 is 0 Å². The summed E-state index contributed by atoms with van der Waals surface area (Å²) in [4.78, 5) is 11.5. The van der Waals surface area contributed by atoms with Crippen molar-refractivity contribution in [2.24, 2.45) is 0 Å². The molecule has 1 heterocycles. The topological polar surface area (TPSA) is 50.4 Å². The number of hydrogen-bond acceptors (Lipinski definition) is 3. The van der Waals surface area contributed by atoms with E-state index in [9.17, 15) is 9.90 Å². The molecule has 0 aliphatic heterocycles. The van der Waals surface area contributed by atoms with E-state index >= 15 is 0 Å². The van der Waals surface area contributed by atoms with Crippen molar-refractivity contribution in [3.63, 3.8) is 0 Å². The van der Waals surface area contributed by atoms with Gasteiger partial charge in [-0.1, -0.05) is 6.92 Å². The molecule has 0 saturated heterocycles. The van der Waals surface area contributed by atoms with Crippen molar-refractivity contribution in [3.05, 3.63) is 40.2 Å². The quantitative estimate of drug-likeness (QED) is 0.748. The van der Waals surface area contributed by atoms with Crippen molar-refractivity contribution in [3.8, 4) is 5.75 Å². The lowest BCUT2D eigenvalue weighted by Crippen LogP contribution is -2.01. The van der Waals surface area contributed by atoms with Gasteiger partial charge in [0.25, 0.3) is 0 Å². The number of benzene rings is 1. The van der Waals surface area contributed by atoms with Crippen LogP contribution in [0, 0.1) is 0 Å². The molecular formula is C11H10O3. The standard InChI is InChI=1S/C11H10O3/c1-2-8-6-10(13)9-4-3-7(12)5-11(9)14-8/h3-6,12H,2H2,1H3. The van der Waals surface area contributed by atoms with Gasteiger partial charge in [0.2, 0.25) is 0 Å². The summed E-state index contributed by atoms with van der Waals surface area (Å²) in [5.41, 5.74) is 0.373. The van der Waals surface area contributed by atoms with Crippen LogP contribution < -0.4 is 5.43 Å². The van der Waals surface area contributed by atoms with E-state index in [1.807, 2.05) is 6.92 Å². The van der Waals surface area contributed by atoms with Crippen LogP contribution in [0.15, 0.2) is 33.5 Å². The lowest BCUT2D eigenvalue weighted by atomic mass is 10.2. The van der Waals surface area contributed by atoms with Gasteiger partial charge in [0.05, 0.1) is 5.39 Å². The molecule has 14 heavy (non-hydrogen) atoms. The molecule has 0 aliphatic rings. The number of hydrogen-bond donors (Lipinski definition) is 1. The highest BCUT2D eigenvalue weighted by molar-refractivity contribution is 5.77. The van der Waals surface area contributed by atoms with Crippen molar-refractivity contribution in [1.82, 2.24) is 0 Å². The lowest BCUT2D eigenvalue weighted by molar-refractivity contribution is 0.472. The van der Waals surface area contributed by atoms with E-state index in [-0.39, 0.29) is 11.2 Å². The minimum absolute atomic E-state index is 0.0666. The highest BCUT2D eigenvalue weighted by atomic mass is 16.3. The zero-order valence-corrected chi connectivity index (χ0v) is 7.78. The van der Waals surface area contributed by atoms with Crippen LogP contribution in [0.1, 0.15) is 12.7 Å². The molecule has 3 heteroatoms. The summed E-state index contributed by atoms with van der Waals surface area (Å²) in [7, 11) is 0. The summed E-state index contributed by atoms with van der Waals surface area (Å²) >= 11 is 0. The molecule has 0 radical (unpaired) electrons. The second-order valence-electron chi connectivity index (χ2n) is 3.11. The Balaban J connectivity index is 2.84. The average molecular weight is 190 g/mol. The molecule has 0 bridgehead atoms. The SMILES string of the molecule is CCc1cc(=O)c2ccc(O)cc2o1. The maximum atomic E-state index is 11.5. The first-order valence-electron chi connectivity index (χ1n) is 4.46. The van der Waals surface area contributed by atoms with Gasteiger partial charge in [0.1, 0.15) is 17.1 Å². The Hall–Kier alpha value is -1.77. The maximum absolute atomic E-state index is 11.5. The van der Waals surface area contributed by atoms with Crippen molar-refractivity contribution in [1.29, 1.82) is 0 Å². The largest absolute Gasteiger partial charge is 0.508 e. The van der Waals surface area contributed by atoms with Gasteiger partial charge in [0.15, 0.2) is 5.43 Å².